The topological polar surface area (TPSA) is 17.1 Å². The molecule has 0 N–H and O–H groups in total. The van der Waals surface area contributed by atoms with Crippen molar-refractivity contribution in [3.63, 3.8) is 0 Å². The Morgan fingerprint density at radius 2 is 1.83 bits per heavy atom. The van der Waals surface area contributed by atoms with Gasteiger partial charge in [-0.2, -0.15) is 0 Å². The highest BCUT2D eigenvalue weighted by Crippen LogP contribution is 2.23. The number of carbonyl (C=O) groups is 1. The Labute approximate surface area is 153 Å². The van der Waals surface area contributed by atoms with E-state index >= 15 is 0 Å². The molecule has 0 fully saturated rings. The van der Waals surface area contributed by atoms with Crippen LogP contribution in [0.15, 0.2) is 78.8 Å². The van der Waals surface area contributed by atoms with Crippen LogP contribution in [0.2, 0.25) is 10.0 Å². The quantitative estimate of drug-likeness (QED) is 0.396. The minimum absolute atomic E-state index is 0.146. The predicted octanol–water partition coefficient (Wildman–Crippen LogP) is 5.20. The predicted molar refractivity (Wildman–Crippen MR) is 105 cm³/mol. The first-order chi connectivity index (χ1) is 11.5. The first kappa shape index (κ1) is 18.3. The zero-order chi connectivity index (χ0) is 17.5. The van der Waals surface area contributed by atoms with E-state index in [0.29, 0.717) is 21.2 Å². The van der Waals surface area contributed by atoms with Crippen LogP contribution in [-0.4, -0.2) is 13.1 Å². The highest BCUT2D eigenvalue weighted by Gasteiger charge is 2.13. The zero-order valence-corrected chi connectivity index (χ0v) is 14.8. The Morgan fingerprint density at radius 1 is 1.12 bits per heavy atom. The van der Waals surface area contributed by atoms with E-state index in [2.05, 4.69) is 6.58 Å². The molecule has 0 bridgehead atoms. The van der Waals surface area contributed by atoms with Crippen LogP contribution in [0, 0.1) is 0 Å². The monoisotopic (exact) mass is 353 g/mol. The van der Waals surface area contributed by atoms with Gasteiger partial charge in [0.05, 0.1) is 5.02 Å². The smallest absolute Gasteiger partial charge is 0.194 e. The molecule has 2 aromatic rings. The van der Waals surface area contributed by atoms with Gasteiger partial charge in [0, 0.05) is 16.1 Å². The van der Waals surface area contributed by atoms with Crippen LogP contribution in [0.1, 0.15) is 22.8 Å². The van der Waals surface area contributed by atoms with Crippen LogP contribution in [-0.2, 0) is 0 Å². The molecule has 0 atom stereocenters. The summed E-state index contributed by atoms with van der Waals surface area (Å²) in [5.74, 6) is -0.146. The third-order valence-corrected chi connectivity index (χ3v) is 4.00. The molecule has 0 aliphatic carbocycles. The first-order valence-electron chi connectivity index (χ1n) is 7.45. The van der Waals surface area contributed by atoms with Gasteiger partial charge in [0.1, 0.15) is 0 Å². The third kappa shape index (κ3) is 4.73. The van der Waals surface area contributed by atoms with Crippen LogP contribution < -0.4 is 5.46 Å². The number of halogens is 2. The number of hydrogen-bond donors (Lipinski definition) is 0. The van der Waals surface area contributed by atoms with Gasteiger partial charge in [-0.25, -0.2) is 0 Å². The maximum Gasteiger partial charge on any atom is 0.194 e. The second-order valence-corrected chi connectivity index (χ2v) is 5.95. The van der Waals surface area contributed by atoms with E-state index in [1.54, 1.807) is 36.4 Å². The molecule has 119 valence electrons. The minimum atomic E-state index is -0.146. The summed E-state index contributed by atoms with van der Waals surface area (Å²) in [6.07, 6.45) is 7.58. The molecule has 0 heterocycles. The van der Waals surface area contributed by atoms with E-state index < -0.39 is 0 Å². The average molecular weight is 354 g/mol. The molecule has 0 unspecified atom stereocenters. The largest absolute Gasteiger partial charge is 0.289 e. The summed E-state index contributed by atoms with van der Waals surface area (Å²) in [6, 6.07) is 12.3. The van der Waals surface area contributed by atoms with Gasteiger partial charge in [0.25, 0.3) is 0 Å². The molecule has 0 amide bonds. The van der Waals surface area contributed by atoms with Gasteiger partial charge in [0.15, 0.2) is 13.1 Å². The maximum absolute atomic E-state index is 12.6. The van der Waals surface area contributed by atoms with Crippen molar-refractivity contribution < 1.29 is 4.79 Å². The molecule has 0 aromatic heterocycles. The zero-order valence-electron chi connectivity index (χ0n) is 13.3. The standard InChI is InChI=1S/C20H16BCl2O/c1-3-5-6-15(4-2)21-16-9-7-14(8-10-16)20(24)18-13-17(22)11-12-19(18)23/h3-13H,1H2,2H3/b6-5-,15-4+. The summed E-state index contributed by atoms with van der Waals surface area (Å²) in [5, 5.41) is 0.880. The highest BCUT2D eigenvalue weighted by molar-refractivity contribution is 6.61. The summed E-state index contributed by atoms with van der Waals surface area (Å²) < 4.78 is 0. The molecular weight excluding hydrogens is 338 g/mol. The lowest BCUT2D eigenvalue weighted by Gasteiger charge is -2.06. The molecule has 24 heavy (non-hydrogen) atoms. The van der Waals surface area contributed by atoms with Gasteiger partial charge >= 0.3 is 0 Å². The molecule has 1 radical (unpaired) electrons. The van der Waals surface area contributed by atoms with E-state index in [1.807, 2.05) is 44.6 Å². The molecule has 0 aliphatic rings. The van der Waals surface area contributed by atoms with Crippen molar-refractivity contribution in [3.8, 4) is 0 Å². The van der Waals surface area contributed by atoms with Gasteiger partial charge in [-0.05, 0) is 25.1 Å². The summed E-state index contributed by atoms with van der Waals surface area (Å²) in [4.78, 5) is 12.6. The molecule has 1 nitrogen and oxygen atoms in total. The fourth-order valence-corrected chi connectivity index (χ4v) is 2.53. The normalized spacial score (nSPS) is 11.5. The molecule has 0 saturated carbocycles. The average Bonchev–Trinajstić information content (AvgIpc) is 2.60. The summed E-state index contributed by atoms with van der Waals surface area (Å²) >= 11 is 12.1. The Bertz CT molecular complexity index is 805. The van der Waals surface area contributed by atoms with Crippen LogP contribution >= 0.6 is 23.2 Å². The second kappa shape index (κ2) is 8.72. The van der Waals surface area contributed by atoms with Crippen LogP contribution in [0.3, 0.4) is 0 Å². The van der Waals surface area contributed by atoms with Crippen LogP contribution in [0.25, 0.3) is 0 Å². The molecular formula is C20H16BCl2O. The lowest BCUT2D eigenvalue weighted by atomic mass is 9.63. The number of benzene rings is 2. The SMILES string of the molecule is C=C/C=C\C([B]c1ccc(C(=O)c2cc(Cl)ccc2Cl)cc1)=C/C. The Kier molecular flexibility index (Phi) is 6.66. The van der Waals surface area contributed by atoms with Crippen LogP contribution in [0.4, 0.5) is 0 Å². The van der Waals surface area contributed by atoms with Crippen molar-refractivity contribution in [2.24, 2.45) is 0 Å². The Balaban J connectivity index is 2.20. The lowest BCUT2D eigenvalue weighted by Crippen LogP contribution is -2.16. The minimum Gasteiger partial charge on any atom is -0.289 e. The van der Waals surface area contributed by atoms with Gasteiger partial charge in [-0.15, -0.1) is 0 Å². The first-order valence-corrected chi connectivity index (χ1v) is 8.20. The van der Waals surface area contributed by atoms with Gasteiger partial charge in [-0.1, -0.05) is 89.3 Å². The molecule has 0 saturated heterocycles. The van der Waals surface area contributed by atoms with Crippen LogP contribution in [0.5, 0.6) is 0 Å². The number of ketones is 1. The van der Waals surface area contributed by atoms with E-state index in [0.717, 1.165) is 10.9 Å². The van der Waals surface area contributed by atoms with Crippen molar-refractivity contribution in [1.82, 2.24) is 0 Å². The number of hydrogen-bond acceptors (Lipinski definition) is 1. The number of allylic oxidation sites excluding steroid dienone is 5. The number of carbonyl (C=O) groups excluding carboxylic acids is 1. The highest BCUT2D eigenvalue weighted by atomic mass is 35.5. The van der Waals surface area contributed by atoms with Crippen molar-refractivity contribution >= 4 is 41.7 Å². The summed E-state index contributed by atoms with van der Waals surface area (Å²) in [5.41, 5.74) is 3.04. The van der Waals surface area contributed by atoms with E-state index in [9.17, 15) is 4.79 Å². The van der Waals surface area contributed by atoms with Crippen molar-refractivity contribution in [3.05, 3.63) is 100.0 Å². The molecule has 2 rings (SSSR count). The molecule has 2 aromatic carbocycles. The second-order valence-electron chi connectivity index (χ2n) is 5.10. The summed E-state index contributed by atoms with van der Waals surface area (Å²) in [6.45, 7) is 5.63. The van der Waals surface area contributed by atoms with Crippen molar-refractivity contribution in [2.45, 2.75) is 6.92 Å². The molecule has 4 heteroatoms. The maximum atomic E-state index is 12.6. The Morgan fingerprint density at radius 3 is 2.46 bits per heavy atom. The van der Waals surface area contributed by atoms with Gasteiger partial charge in [0.2, 0.25) is 0 Å². The molecule has 0 spiro atoms. The van der Waals surface area contributed by atoms with E-state index in [4.69, 9.17) is 23.2 Å². The van der Waals surface area contributed by atoms with Gasteiger partial charge < -0.3 is 0 Å². The van der Waals surface area contributed by atoms with Crippen molar-refractivity contribution in [1.29, 1.82) is 0 Å². The van der Waals surface area contributed by atoms with E-state index in [1.165, 1.54) is 0 Å². The van der Waals surface area contributed by atoms with E-state index in [-0.39, 0.29) is 5.78 Å². The fraction of sp³-hybridized carbons (Fsp3) is 0.0500. The fourth-order valence-electron chi connectivity index (χ4n) is 2.16. The molecule has 0 aliphatic heterocycles. The lowest BCUT2D eigenvalue weighted by molar-refractivity contribution is 0.103. The van der Waals surface area contributed by atoms with Gasteiger partial charge in [-0.3, -0.25) is 4.79 Å². The third-order valence-electron chi connectivity index (χ3n) is 3.44. The summed E-state index contributed by atoms with van der Waals surface area (Å²) in [7, 11) is 2.03. The van der Waals surface area contributed by atoms with Crippen molar-refractivity contribution in [2.75, 3.05) is 0 Å². The number of rotatable bonds is 6. The Hall–Kier alpha value is -2.03.